The molecule has 0 aliphatic carbocycles. The summed E-state index contributed by atoms with van der Waals surface area (Å²) in [4.78, 5) is 0. The van der Waals surface area contributed by atoms with Crippen LogP contribution < -0.4 is 10.1 Å². The molecule has 1 aromatic rings. The highest BCUT2D eigenvalue weighted by Gasteiger charge is 2.17. The van der Waals surface area contributed by atoms with Crippen molar-refractivity contribution in [2.45, 2.75) is 39.8 Å². The highest BCUT2D eigenvalue weighted by molar-refractivity contribution is 9.10. The van der Waals surface area contributed by atoms with E-state index in [1.165, 1.54) is 12.1 Å². The molecule has 0 spiro atoms. The second-order valence-corrected chi connectivity index (χ2v) is 5.89. The van der Waals surface area contributed by atoms with Crippen molar-refractivity contribution in [3.8, 4) is 5.75 Å². The van der Waals surface area contributed by atoms with Gasteiger partial charge in [0, 0.05) is 18.7 Å². The molecule has 1 N–H and O–H groups in total. The molecule has 0 aliphatic rings. The van der Waals surface area contributed by atoms with E-state index in [1.54, 1.807) is 6.07 Å². The third-order valence-corrected chi connectivity index (χ3v) is 3.30. The second-order valence-electron chi connectivity index (χ2n) is 5.04. The number of nitrogens with one attached hydrogen (secondary N) is 1. The molecule has 0 saturated heterocycles. The van der Waals surface area contributed by atoms with Gasteiger partial charge in [0.25, 0.3) is 0 Å². The number of ether oxygens (including phenoxy) is 1. The van der Waals surface area contributed by atoms with Crippen LogP contribution in [-0.4, -0.2) is 18.7 Å². The molecule has 0 heterocycles. The first-order valence-electron chi connectivity index (χ1n) is 6.25. The Hall–Kier alpha value is -0.610. The molecule has 0 aliphatic heterocycles. The van der Waals surface area contributed by atoms with Gasteiger partial charge >= 0.3 is 0 Å². The smallest absolute Gasteiger partial charge is 0.136 e. The molecule has 1 rings (SSSR count). The first-order valence-corrected chi connectivity index (χ1v) is 7.04. The fourth-order valence-electron chi connectivity index (χ4n) is 1.50. The van der Waals surface area contributed by atoms with E-state index in [0.29, 0.717) is 17.7 Å². The van der Waals surface area contributed by atoms with Crippen LogP contribution in [0.4, 0.5) is 4.39 Å². The van der Waals surface area contributed by atoms with Crippen molar-refractivity contribution in [3.05, 3.63) is 28.5 Å². The summed E-state index contributed by atoms with van der Waals surface area (Å²) in [6.07, 6.45) is 0.0190. The van der Waals surface area contributed by atoms with Crippen LogP contribution in [0.5, 0.6) is 5.75 Å². The minimum atomic E-state index is -0.285. The first kappa shape index (κ1) is 15.4. The molecule has 0 bridgehead atoms. The van der Waals surface area contributed by atoms with Crippen molar-refractivity contribution in [1.82, 2.24) is 5.32 Å². The molecule has 2 nitrogen and oxygen atoms in total. The SMILES string of the molecule is CC(C)NCC(Oc1cc(F)ccc1Br)C(C)C. The molecule has 1 atom stereocenters. The van der Waals surface area contributed by atoms with E-state index in [4.69, 9.17) is 4.74 Å². The topological polar surface area (TPSA) is 21.3 Å². The van der Waals surface area contributed by atoms with Gasteiger partial charge in [-0.25, -0.2) is 4.39 Å². The maximum absolute atomic E-state index is 13.2. The minimum absolute atomic E-state index is 0.0190. The van der Waals surface area contributed by atoms with Crippen molar-refractivity contribution < 1.29 is 9.13 Å². The molecule has 0 fully saturated rings. The summed E-state index contributed by atoms with van der Waals surface area (Å²) in [6, 6.07) is 4.89. The Morgan fingerprint density at radius 2 is 1.94 bits per heavy atom. The van der Waals surface area contributed by atoms with Gasteiger partial charge in [0.1, 0.15) is 17.7 Å². The third-order valence-electron chi connectivity index (χ3n) is 2.64. The predicted molar refractivity (Wildman–Crippen MR) is 76.5 cm³/mol. The van der Waals surface area contributed by atoms with E-state index in [1.807, 2.05) is 0 Å². The second kappa shape index (κ2) is 7.10. The van der Waals surface area contributed by atoms with Crippen LogP contribution in [-0.2, 0) is 0 Å². The van der Waals surface area contributed by atoms with Crippen molar-refractivity contribution in [1.29, 1.82) is 0 Å². The fourth-order valence-corrected chi connectivity index (χ4v) is 1.84. The van der Waals surface area contributed by atoms with Gasteiger partial charge in [0.15, 0.2) is 0 Å². The van der Waals surface area contributed by atoms with E-state index in [0.717, 1.165) is 11.0 Å². The molecule has 102 valence electrons. The Kier molecular flexibility index (Phi) is 6.09. The Bertz CT molecular complexity index is 382. The van der Waals surface area contributed by atoms with E-state index in [-0.39, 0.29) is 11.9 Å². The normalized spacial score (nSPS) is 13.1. The average Bonchev–Trinajstić information content (AvgIpc) is 2.28. The minimum Gasteiger partial charge on any atom is -0.488 e. The van der Waals surface area contributed by atoms with Gasteiger partial charge in [-0.15, -0.1) is 0 Å². The number of hydrogen-bond acceptors (Lipinski definition) is 2. The van der Waals surface area contributed by atoms with E-state index < -0.39 is 0 Å². The summed E-state index contributed by atoms with van der Waals surface area (Å²) in [5.74, 6) is 0.623. The lowest BCUT2D eigenvalue weighted by Crippen LogP contribution is -2.38. The quantitative estimate of drug-likeness (QED) is 0.856. The van der Waals surface area contributed by atoms with Crippen LogP contribution in [0.1, 0.15) is 27.7 Å². The van der Waals surface area contributed by atoms with Crippen LogP contribution >= 0.6 is 15.9 Å². The van der Waals surface area contributed by atoms with Gasteiger partial charge in [-0.3, -0.25) is 0 Å². The summed E-state index contributed by atoms with van der Waals surface area (Å²) < 4.78 is 19.9. The molecule has 1 aromatic carbocycles. The molecular weight excluding hydrogens is 297 g/mol. The Labute approximate surface area is 117 Å². The van der Waals surface area contributed by atoms with E-state index in [2.05, 4.69) is 48.9 Å². The summed E-state index contributed by atoms with van der Waals surface area (Å²) in [6.45, 7) is 9.13. The lowest BCUT2D eigenvalue weighted by atomic mass is 10.1. The zero-order valence-corrected chi connectivity index (χ0v) is 12.9. The van der Waals surface area contributed by atoms with Crippen LogP contribution in [0.25, 0.3) is 0 Å². The summed E-state index contributed by atoms with van der Waals surface area (Å²) in [5.41, 5.74) is 0. The van der Waals surface area contributed by atoms with Gasteiger partial charge in [-0.2, -0.15) is 0 Å². The highest BCUT2D eigenvalue weighted by atomic mass is 79.9. The zero-order valence-electron chi connectivity index (χ0n) is 11.3. The molecule has 1 unspecified atom stereocenters. The number of rotatable bonds is 6. The largest absolute Gasteiger partial charge is 0.488 e. The van der Waals surface area contributed by atoms with Crippen molar-refractivity contribution >= 4 is 15.9 Å². The number of hydrogen-bond donors (Lipinski definition) is 1. The lowest BCUT2D eigenvalue weighted by Gasteiger charge is -2.24. The fraction of sp³-hybridized carbons (Fsp3) is 0.571. The Balaban J connectivity index is 2.73. The van der Waals surface area contributed by atoms with Crippen molar-refractivity contribution in [2.75, 3.05) is 6.54 Å². The van der Waals surface area contributed by atoms with Gasteiger partial charge in [0.05, 0.1) is 4.47 Å². The molecule has 0 saturated carbocycles. The van der Waals surface area contributed by atoms with Gasteiger partial charge in [-0.05, 0) is 34.0 Å². The molecule has 0 aromatic heterocycles. The highest BCUT2D eigenvalue weighted by Crippen LogP contribution is 2.27. The molecular formula is C14H21BrFNO. The van der Waals surface area contributed by atoms with E-state index >= 15 is 0 Å². The zero-order chi connectivity index (χ0) is 13.7. The van der Waals surface area contributed by atoms with Crippen LogP contribution in [0.15, 0.2) is 22.7 Å². The number of benzene rings is 1. The van der Waals surface area contributed by atoms with Gasteiger partial charge in [0.2, 0.25) is 0 Å². The molecule has 0 amide bonds. The maximum Gasteiger partial charge on any atom is 0.136 e. The van der Waals surface area contributed by atoms with Crippen molar-refractivity contribution in [3.63, 3.8) is 0 Å². The monoisotopic (exact) mass is 317 g/mol. The summed E-state index contributed by atoms with van der Waals surface area (Å²) >= 11 is 3.38. The molecule has 18 heavy (non-hydrogen) atoms. The van der Waals surface area contributed by atoms with E-state index in [9.17, 15) is 4.39 Å². The average molecular weight is 318 g/mol. The van der Waals surface area contributed by atoms with Crippen LogP contribution in [0, 0.1) is 11.7 Å². The molecule has 4 heteroatoms. The third kappa shape index (κ3) is 4.94. The van der Waals surface area contributed by atoms with Crippen LogP contribution in [0.3, 0.4) is 0 Å². The summed E-state index contributed by atoms with van der Waals surface area (Å²) in [5, 5.41) is 3.35. The standard InChI is InChI=1S/C14H21BrFNO/c1-9(2)14(8-17-10(3)4)18-13-7-11(16)5-6-12(13)15/h5-7,9-10,14,17H,8H2,1-4H3. The predicted octanol–water partition coefficient (Wildman–Crippen LogP) is 3.99. The van der Waals surface area contributed by atoms with Gasteiger partial charge in [-0.1, -0.05) is 27.7 Å². The summed E-state index contributed by atoms with van der Waals surface area (Å²) in [7, 11) is 0. The Morgan fingerprint density at radius 3 is 2.50 bits per heavy atom. The number of halogens is 2. The Morgan fingerprint density at radius 1 is 1.28 bits per heavy atom. The van der Waals surface area contributed by atoms with Crippen molar-refractivity contribution in [2.24, 2.45) is 5.92 Å². The van der Waals surface area contributed by atoms with Crippen LogP contribution in [0.2, 0.25) is 0 Å². The molecule has 0 radical (unpaired) electrons. The lowest BCUT2D eigenvalue weighted by molar-refractivity contribution is 0.145. The maximum atomic E-state index is 13.2. The van der Waals surface area contributed by atoms with Gasteiger partial charge < -0.3 is 10.1 Å². The first-order chi connectivity index (χ1) is 8.40.